The van der Waals surface area contributed by atoms with Crippen molar-refractivity contribution in [3.8, 4) is 0 Å². The Morgan fingerprint density at radius 1 is 1.60 bits per heavy atom. The summed E-state index contributed by atoms with van der Waals surface area (Å²) in [6, 6.07) is 0.745. The molecule has 10 heavy (non-hydrogen) atoms. The summed E-state index contributed by atoms with van der Waals surface area (Å²) in [5, 5.41) is 7.85. The van der Waals surface area contributed by atoms with Crippen LogP contribution in [0.4, 0.5) is 0 Å². The number of hydrogen-bond donors (Lipinski definition) is 1. The van der Waals surface area contributed by atoms with E-state index >= 15 is 0 Å². The van der Waals surface area contributed by atoms with Crippen molar-refractivity contribution in [2.45, 2.75) is 31.3 Å². The van der Waals surface area contributed by atoms with Gasteiger partial charge in [-0.05, 0) is 24.8 Å². The standard InChI is InChI=1S/C7H11N3/c1-5-3-2-4-6-7(5)9-10-8-6/h6-7H,1-4H2,(H,8,9). The van der Waals surface area contributed by atoms with Crippen LogP contribution >= 0.6 is 0 Å². The fraction of sp³-hybridized carbons (Fsp3) is 0.714. The second kappa shape index (κ2) is 2.08. The van der Waals surface area contributed by atoms with Crippen molar-refractivity contribution in [1.82, 2.24) is 5.43 Å². The summed E-state index contributed by atoms with van der Waals surface area (Å²) >= 11 is 0. The van der Waals surface area contributed by atoms with Gasteiger partial charge in [0.1, 0.15) is 6.04 Å². The molecule has 2 aliphatic rings. The van der Waals surface area contributed by atoms with E-state index in [-0.39, 0.29) is 6.04 Å². The number of nitrogens with one attached hydrogen (secondary N) is 1. The minimum absolute atomic E-state index is 0.286. The zero-order valence-electron chi connectivity index (χ0n) is 5.88. The SMILES string of the molecule is C=C1CCCC2NN=NC12. The minimum atomic E-state index is 0.286. The summed E-state index contributed by atoms with van der Waals surface area (Å²) in [5.74, 6) is 0. The molecule has 1 heterocycles. The molecule has 0 amide bonds. The molecule has 0 aromatic heterocycles. The first-order chi connectivity index (χ1) is 4.88. The van der Waals surface area contributed by atoms with Crippen LogP contribution in [0.3, 0.4) is 0 Å². The van der Waals surface area contributed by atoms with E-state index in [1.165, 1.54) is 18.4 Å². The van der Waals surface area contributed by atoms with Gasteiger partial charge in [0.2, 0.25) is 0 Å². The molecule has 54 valence electrons. The maximum absolute atomic E-state index is 4.05. The molecule has 1 fully saturated rings. The summed E-state index contributed by atoms with van der Waals surface area (Å²) < 4.78 is 0. The van der Waals surface area contributed by atoms with Crippen molar-refractivity contribution >= 4 is 0 Å². The molecule has 0 saturated heterocycles. The van der Waals surface area contributed by atoms with E-state index in [4.69, 9.17) is 0 Å². The third kappa shape index (κ3) is 0.735. The van der Waals surface area contributed by atoms with Crippen molar-refractivity contribution in [3.63, 3.8) is 0 Å². The first kappa shape index (κ1) is 5.89. The van der Waals surface area contributed by atoms with E-state index in [0.29, 0.717) is 6.04 Å². The number of nitrogens with zero attached hydrogens (tertiary/aromatic N) is 2. The van der Waals surface area contributed by atoms with Gasteiger partial charge in [-0.15, -0.1) is 0 Å². The van der Waals surface area contributed by atoms with Crippen molar-refractivity contribution in [2.75, 3.05) is 0 Å². The minimum Gasteiger partial charge on any atom is -0.286 e. The second-order valence-corrected chi connectivity index (χ2v) is 2.95. The van der Waals surface area contributed by atoms with E-state index in [1.54, 1.807) is 0 Å². The fourth-order valence-electron chi connectivity index (χ4n) is 1.61. The molecule has 3 nitrogen and oxygen atoms in total. The predicted octanol–water partition coefficient (Wildman–Crippen LogP) is 1.43. The van der Waals surface area contributed by atoms with E-state index < -0.39 is 0 Å². The summed E-state index contributed by atoms with van der Waals surface area (Å²) in [5.41, 5.74) is 4.23. The Balaban J connectivity index is 2.16. The zero-order valence-corrected chi connectivity index (χ0v) is 5.88. The van der Waals surface area contributed by atoms with Gasteiger partial charge in [-0.1, -0.05) is 11.8 Å². The van der Waals surface area contributed by atoms with Gasteiger partial charge in [0.25, 0.3) is 0 Å². The van der Waals surface area contributed by atoms with Gasteiger partial charge in [0, 0.05) is 0 Å². The van der Waals surface area contributed by atoms with Crippen molar-refractivity contribution in [2.24, 2.45) is 10.3 Å². The largest absolute Gasteiger partial charge is 0.286 e. The second-order valence-electron chi connectivity index (χ2n) is 2.95. The summed E-state index contributed by atoms with van der Waals surface area (Å²) in [7, 11) is 0. The Labute approximate surface area is 60.2 Å². The van der Waals surface area contributed by atoms with Crippen LogP contribution in [0.2, 0.25) is 0 Å². The zero-order chi connectivity index (χ0) is 6.97. The molecule has 0 aromatic rings. The third-order valence-corrected chi connectivity index (χ3v) is 2.22. The molecule has 1 N–H and O–H groups in total. The molecule has 2 unspecified atom stereocenters. The Morgan fingerprint density at radius 2 is 2.50 bits per heavy atom. The van der Waals surface area contributed by atoms with Crippen LogP contribution in [0.1, 0.15) is 19.3 Å². The predicted molar refractivity (Wildman–Crippen MR) is 38.6 cm³/mol. The van der Waals surface area contributed by atoms with Crippen LogP contribution in [-0.2, 0) is 0 Å². The summed E-state index contributed by atoms with van der Waals surface area (Å²) in [6.45, 7) is 3.96. The summed E-state index contributed by atoms with van der Waals surface area (Å²) in [4.78, 5) is 0. The topological polar surface area (TPSA) is 36.8 Å². The first-order valence-corrected chi connectivity index (χ1v) is 3.71. The van der Waals surface area contributed by atoms with Crippen molar-refractivity contribution < 1.29 is 0 Å². The lowest BCUT2D eigenvalue weighted by molar-refractivity contribution is 0.445. The highest BCUT2D eigenvalue weighted by atomic mass is 15.5. The molecule has 2 rings (SSSR count). The maximum Gasteiger partial charge on any atom is 0.115 e. The molecule has 0 aromatic carbocycles. The molecule has 3 heteroatoms. The Morgan fingerprint density at radius 3 is 3.30 bits per heavy atom. The van der Waals surface area contributed by atoms with Gasteiger partial charge in [-0.3, -0.25) is 5.43 Å². The molecule has 2 atom stereocenters. The van der Waals surface area contributed by atoms with Crippen molar-refractivity contribution in [3.05, 3.63) is 12.2 Å². The molecule has 0 bridgehead atoms. The quantitative estimate of drug-likeness (QED) is 0.504. The Hall–Kier alpha value is -0.860. The Kier molecular flexibility index (Phi) is 1.22. The van der Waals surface area contributed by atoms with Gasteiger partial charge < -0.3 is 0 Å². The monoisotopic (exact) mass is 137 g/mol. The van der Waals surface area contributed by atoms with Crippen LogP contribution in [0.25, 0.3) is 0 Å². The Bertz CT molecular complexity index is 185. The van der Waals surface area contributed by atoms with Crippen LogP contribution in [0, 0.1) is 0 Å². The number of rotatable bonds is 0. The van der Waals surface area contributed by atoms with E-state index in [2.05, 4.69) is 22.3 Å². The van der Waals surface area contributed by atoms with Gasteiger partial charge in [0.15, 0.2) is 0 Å². The number of hydrogen-bond acceptors (Lipinski definition) is 3. The average Bonchev–Trinajstić information content (AvgIpc) is 2.36. The van der Waals surface area contributed by atoms with E-state index in [0.717, 1.165) is 6.42 Å². The smallest absolute Gasteiger partial charge is 0.115 e. The highest BCUT2D eigenvalue weighted by Gasteiger charge is 2.30. The van der Waals surface area contributed by atoms with Crippen LogP contribution in [0.15, 0.2) is 22.5 Å². The van der Waals surface area contributed by atoms with Crippen LogP contribution in [0.5, 0.6) is 0 Å². The van der Waals surface area contributed by atoms with Gasteiger partial charge in [-0.25, -0.2) is 0 Å². The van der Waals surface area contributed by atoms with E-state index in [1.807, 2.05) is 0 Å². The van der Waals surface area contributed by atoms with Crippen LogP contribution < -0.4 is 5.43 Å². The number of fused-ring (bicyclic) bond motifs is 1. The van der Waals surface area contributed by atoms with Gasteiger partial charge in [0.05, 0.1) is 6.04 Å². The molecule has 0 spiro atoms. The van der Waals surface area contributed by atoms with Gasteiger partial charge in [-0.2, -0.15) is 5.11 Å². The normalized spacial score (nSPS) is 37.4. The lowest BCUT2D eigenvalue weighted by Crippen LogP contribution is -2.34. The van der Waals surface area contributed by atoms with Gasteiger partial charge >= 0.3 is 0 Å². The molecule has 1 saturated carbocycles. The lowest BCUT2D eigenvalue weighted by atomic mass is 9.88. The maximum atomic E-state index is 4.05. The molecule has 0 radical (unpaired) electrons. The molecule has 1 aliphatic heterocycles. The lowest BCUT2D eigenvalue weighted by Gasteiger charge is -2.23. The average molecular weight is 137 g/mol. The van der Waals surface area contributed by atoms with Crippen molar-refractivity contribution in [1.29, 1.82) is 0 Å². The van der Waals surface area contributed by atoms with Crippen LogP contribution in [-0.4, -0.2) is 12.1 Å². The molecular formula is C7H11N3. The summed E-state index contributed by atoms with van der Waals surface area (Å²) in [6.07, 6.45) is 3.55. The highest BCUT2D eigenvalue weighted by Crippen LogP contribution is 2.27. The fourth-order valence-corrected chi connectivity index (χ4v) is 1.61. The third-order valence-electron chi connectivity index (χ3n) is 2.22. The molecule has 1 aliphatic carbocycles. The highest BCUT2D eigenvalue weighted by molar-refractivity contribution is 5.14. The molecular weight excluding hydrogens is 126 g/mol. The van der Waals surface area contributed by atoms with E-state index in [9.17, 15) is 0 Å². The first-order valence-electron chi connectivity index (χ1n) is 3.71.